The average molecular weight is 127 g/mol. The molecule has 0 aliphatic rings. The molecule has 0 fully saturated rings. The lowest BCUT2D eigenvalue weighted by atomic mass is 10.1. The van der Waals surface area contributed by atoms with Gasteiger partial charge < -0.3 is 5.11 Å². The first-order valence-electron chi connectivity index (χ1n) is 3.32. The van der Waals surface area contributed by atoms with Gasteiger partial charge in [-0.1, -0.05) is 26.0 Å². The molecular formula is C8H15O. The van der Waals surface area contributed by atoms with E-state index in [1.54, 1.807) is 6.08 Å². The number of aliphatic hydroxyl groups is 1. The lowest BCUT2D eigenvalue weighted by molar-refractivity contribution is 0.172. The van der Waals surface area contributed by atoms with Crippen molar-refractivity contribution in [3.8, 4) is 0 Å². The van der Waals surface area contributed by atoms with Gasteiger partial charge in [0.15, 0.2) is 0 Å². The molecule has 9 heavy (non-hydrogen) atoms. The van der Waals surface area contributed by atoms with Crippen molar-refractivity contribution < 1.29 is 5.11 Å². The van der Waals surface area contributed by atoms with Crippen LogP contribution in [0.2, 0.25) is 0 Å². The van der Waals surface area contributed by atoms with Crippen LogP contribution in [0, 0.1) is 12.8 Å². The maximum absolute atomic E-state index is 9.14. The molecule has 0 spiro atoms. The van der Waals surface area contributed by atoms with Crippen LogP contribution in [0.5, 0.6) is 0 Å². The molecule has 0 heterocycles. The summed E-state index contributed by atoms with van der Waals surface area (Å²) in [4.78, 5) is 0. The van der Waals surface area contributed by atoms with Gasteiger partial charge >= 0.3 is 0 Å². The number of rotatable bonds is 3. The zero-order chi connectivity index (χ0) is 7.28. The number of aliphatic hydroxyl groups excluding tert-OH is 1. The SMILES string of the molecule is [CH2]CC=CC(O)C(C)C. The van der Waals surface area contributed by atoms with Gasteiger partial charge in [0.2, 0.25) is 0 Å². The van der Waals surface area contributed by atoms with Crippen molar-refractivity contribution in [3.63, 3.8) is 0 Å². The fourth-order valence-corrected chi connectivity index (χ4v) is 0.458. The molecule has 0 aromatic heterocycles. The van der Waals surface area contributed by atoms with Crippen molar-refractivity contribution in [1.82, 2.24) is 0 Å². The molecule has 0 saturated carbocycles. The van der Waals surface area contributed by atoms with E-state index >= 15 is 0 Å². The zero-order valence-corrected chi connectivity index (χ0v) is 6.17. The molecule has 1 N–H and O–H groups in total. The van der Waals surface area contributed by atoms with Gasteiger partial charge in [-0.3, -0.25) is 0 Å². The summed E-state index contributed by atoms with van der Waals surface area (Å²) in [5.41, 5.74) is 0. The van der Waals surface area contributed by atoms with E-state index in [9.17, 15) is 0 Å². The van der Waals surface area contributed by atoms with Crippen molar-refractivity contribution in [2.75, 3.05) is 0 Å². The molecular weight excluding hydrogens is 112 g/mol. The second-order valence-corrected chi connectivity index (χ2v) is 2.45. The van der Waals surface area contributed by atoms with Gasteiger partial charge in [-0.05, 0) is 19.3 Å². The first-order valence-corrected chi connectivity index (χ1v) is 3.32. The van der Waals surface area contributed by atoms with Crippen LogP contribution in [0.3, 0.4) is 0 Å². The van der Waals surface area contributed by atoms with Crippen molar-refractivity contribution in [1.29, 1.82) is 0 Å². The maximum Gasteiger partial charge on any atom is 0.0743 e. The first kappa shape index (κ1) is 8.70. The summed E-state index contributed by atoms with van der Waals surface area (Å²) in [5, 5.41) is 9.14. The Hall–Kier alpha value is -0.300. The van der Waals surface area contributed by atoms with Crippen LogP contribution in [0.25, 0.3) is 0 Å². The Morgan fingerprint density at radius 2 is 2.11 bits per heavy atom. The summed E-state index contributed by atoms with van der Waals surface area (Å²) in [7, 11) is 0. The summed E-state index contributed by atoms with van der Waals surface area (Å²) in [6, 6.07) is 0. The summed E-state index contributed by atoms with van der Waals surface area (Å²) in [5.74, 6) is 0.313. The minimum Gasteiger partial charge on any atom is -0.389 e. The molecule has 0 amide bonds. The number of allylic oxidation sites excluding steroid dienone is 1. The highest BCUT2D eigenvalue weighted by molar-refractivity contribution is 4.90. The zero-order valence-electron chi connectivity index (χ0n) is 6.17. The molecule has 0 bridgehead atoms. The summed E-state index contributed by atoms with van der Waals surface area (Å²) >= 11 is 0. The van der Waals surface area contributed by atoms with Gasteiger partial charge in [-0.2, -0.15) is 0 Å². The van der Waals surface area contributed by atoms with E-state index in [-0.39, 0.29) is 6.10 Å². The van der Waals surface area contributed by atoms with Crippen molar-refractivity contribution in [2.24, 2.45) is 5.92 Å². The Kier molecular flexibility index (Phi) is 4.41. The second kappa shape index (κ2) is 4.57. The highest BCUT2D eigenvalue weighted by Gasteiger charge is 2.01. The quantitative estimate of drug-likeness (QED) is 0.573. The van der Waals surface area contributed by atoms with E-state index in [1.165, 1.54) is 0 Å². The Labute approximate surface area is 57.4 Å². The molecule has 0 saturated heterocycles. The predicted octanol–water partition coefficient (Wildman–Crippen LogP) is 1.78. The van der Waals surface area contributed by atoms with Crippen LogP contribution < -0.4 is 0 Å². The van der Waals surface area contributed by atoms with Crippen LogP contribution in [0.1, 0.15) is 20.3 Å². The summed E-state index contributed by atoms with van der Waals surface area (Å²) < 4.78 is 0. The number of hydrogen-bond donors (Lipinski definition) is 1. The molecule has 53 valence electrons. The third kappa shape index (κ3) is 4.22. The second-order valence-electron chi connectivity index (χ2n) is 2.45. The van der Waals surface area contributed by atoms with Crippen molar-refractivity contribution >= 4 is 0 Å². The van der Waals surface area contributed by atoms with E-state index in [0.717, 1.165) is 6.42 Å². The van der Waals surface area contributed by atoms with E-state index in [0.29, 0.717) is 5.92 Å². The van der Waals surface area contributed by atoms with Crippen LogP contribution in [0.4, 0.5) is 0 Å². The van der Waals surface area contributed by atoms with E-state index < -0.39 is 0 Å². The molecule has 1 atom stereocenters. The summed E-state index contributed by atoms with van der Waals surface area (Å²) in [6.45, 7) is 7.59. The van der Waals surface area contributed by atoms with Gasteiger partial charge in [0.25, 0.3) is 0 Å². The Bertz CT molecular complexity index is 84.6. The normalized spacial score (nSPS) is 15.2. The lowest BCUT2D eigenvalue weighted by Crippen LogP contribution is -2.10. The molecule has 0 aliphatic carbocycles. The molecule has 0 aromatic rings. The topological polar surface area (TPSA) is 20.2 Å². The minimum atomic E-state index is -0.299. The maximum atomic E-state index is 9.14. The van der Waals surface area contributed by atoms with E-state index in [4.69, 9.17) is 5.11 Å². The molecule has 0 aromatic carbocycles. The third-order valence-electron chi connectivity index (χ3n) is 1.18. The molecule has 1 unspecified atom stereocenters. The molecule has 0 aliphatic heterocycles. The Balaban J connectivity index is 3.48. The number of hydrogen-bond acceptors (Lipinski definition) is 1. The van der Waals surface area contributed by atoms with Gasteiger partial charge in [-0.25, -0.2) is 0 Å². The Morgan fingerprint density at radius 1 is 1.56 bits per heavy atom. The van der Waals surface area contributed by atoms with Crippen molar-refractivity contribution in [3.05, 3.63) is 19.1 Å². The fourth-order valence-electron chi connectivity index (χ4n) is 0.458. The largest absolute Gasteiger partial charge is 0.389 e. The van der Waals surface area contributed by atoms with Gasteiger partial charge in [0.1, 0.15) is 0 Å². The van der Waals surface area contributed by atoms with Crippen molar-refractivity contribution in [2.45, 2.75) is 26.4 Å². The Morgan fingerprint density at radius 3 is 2.44 bits per heavy atom. The molecule has 1 radical (unpaired) electrons. The van der Waals surface area contributed by atoms with Crippen LogP contribution >= 0.6 is 0 Å². The average Bonchev–Trinajstić information content (AvgIpc) is 1.82. The summed E-state index contributed by atoms with van der Waals surface area (Å²) in [6.07, 6.45) is 4.12. The predicted molar refractivity (Wildman–Crippen MR) is 40.0 cm³/mol. The molecule has 0 rings (SSSR count). The van der Waals surface area contributed by atoms with Crippen LogP contribution in [0.15, 0.2) is 12.2 Å². The lowest BCUT2D eigenvalue weighted by Gasteiger charge is -2.07. The van der Waals surface area contributed by atoms with Gasteiger partial charge in [0.05, 0.1) is 6.10 Å². The fraction of sp³-hybridized carbons (Fsp3) is 0.625. The monoisotopic (exact) mass is 127 g/mol. The molecule has 1 nitrogen and oxygen atoms in total. The minimum absolute atomic E-state index is 0.299. The first-order chi connectivity index (χ1) is 4.18. The van der Waals surface area contributed by atoms with E-state index in [1.807, 2.05) is 19.9 Å². The highest BCUT2D eigenvalue weighted by Crippen LogP contribution is 2.01. The van der Waals surface area contributed by atoms with Crippen LogP contribution in [-0.2, 0) is 0 Å². The van der Waals surface area contributed by atoms with E-state index in [2.05, 4.69) is 6.92 Å². The standard InChI is InChI=1S/C8H15O/c1-4-5-6-8(9)7(2)3/h5-9H,1,4H2,2-3H3. The van der Waals surface area contributed by atoms with Crippen LogP contribution in [-0.4, -0.2) is 11.2 Å². The smallest absolute Gasteiger partial charge is 0.0743 e. The van der Waals surface area contributed by atoms with Gasteiger partial charge in [-0.15, -0.1) is 0 Å². The van der Waals surface area contributed by atoms with Gasteiger partial charge in [0, 0.05) is 0 Å². The molecule has 1 heteroatoms. The third-order valence-corrected chi connectivity index (χ3v) is 1.18. The highest BCUT2D eigenvalue weighted by atomic mass is 16.3.